The van der Waals surface area contributed by atoms with Gasteiger partial charge in [0.1, 0.15) is 42.1 Å². The molecule has 1 saturated carbocycles. The van der Waals surface area contributed by atoms with Crippen LogP contribution in [0.5, 0.6) is 0 Å². The number of allylic oxidation sites excluding steroid dienone is 6. The molecule has 3 heterocycles. The zero-order valence-electron chi connectivity index (χ0n) is 48.5. The first-order chi connectivity index (χ1) is 38.0. The van der Waals surface area contributed by atoms with Gasteiger partial charge in [-0.25, -0.2) is 14.0 Å². The quantitative estimate of drug-likeness (QED) is 0.0769. The van der Waals surface area contributed by atoms with Crippen LogP contribution in [0.15, 0.2) is 65.8 Å². The predicted molar refractivity (Wildman–Crippen MR) is 305 cm³/mol. The van der Waals surface area contributed by atoms with E-state index >= 15 is 0 Å². The van der Waals surface area contributed by atoms with Gasteiger partial charge in [0.25, 0.3) is 11.7 Å². The molecule has 2 bridgehead atoms. The van der Waals surface area contributed by atoms with E-state index in [9.17, 15) is 43.4 Å². The van der Waals surface area contributed by atoms with E-state index in [1.165, 1.54) is 29.8 Å². The summed E-state index contributed by atoms with van der Waals surface area (Å²) in [4.78, 5) is 85.7. The second kappa shape index (κ2) is 32.0. The summed E-state index contributed by atoms with van der Waals surface area (Å²) in [6.45, 7) is 12.9. The maximum atomic E-state index is 14.6. The number of hydrogen-bond acceptors (Lipinski definition) is 15. The van der Waals surface area contributed by atoms with Crippen molar-refractivity contribution >= 4 is 58.7 Å². The van der Waals surface area contributed by atoms with Gasteiger partial charge in [-0.15, -0.1) is 0 Å². The smallest absolute Gasteiger partial charge is 0.407 e. The van der Waals surface area contributed by atoms with E-state index in [0.717, 1.165) is 5.57 Å². The molecule has 80 heavy (non-hydrogen) atoms. The summed E-state index contributed by atoms with van der Waals surface area (Å²) in [6.07, 6.45) is 9.56. The molecule has 4 aliphatic rings. The molecule has 2 amide bonds. The van der Waals surface area contributed by atoms with Crippen molar-refractivity contribution in [2.45, 2.75) is 186 Å². The van der Waals surface area contributed by atoms with Crippen LogP contribution in [0, 0.1) is 41.3 Å². The number of methoxy groups -OCH3 is 3. The first-order valence-electron chi connectivity index (χ1n) is 28.5. The summed E-state index contributed by atoms with van der Waals surface area (Å²) in [6, 6.07) is 3.34. The summed E-state index contributed by atoms with van der Waals surface area (Å²) in [5.41, 5.74) is 1.62. The van der Waals surface area contributed by atoms with Gasteiger partial charge in [0, 0.05) is 87.1 Å². The molecule has 3 aliphatic heterocycles. The number of aliphatic hydroxyl groups is 2. The van der Waals surface area contributed by atoms with Crippen LogP contribution in [0.3, 0.4) is 0 Å². The zero-order valence-corrected chi connectivity index (χ0v) is 50.1. The molecule has 15 atom stereocenters. The largest absolute Gasteiger partial charge is 0.460 e. The van der Waals surface area contributed by atoms with Crippen molar-refractivity contribution in [1.82, 2.24) is 10.2 Å². The molecule has 1 aromatic rings. The fraction of sp³-hybridized carbons (Fsp3) is 0.672. The predicted octanol–water partition coefficient (Wildman–Crippen LogP) is 9.64. The van der Waals surface area contributed by atoms with E-state index in [4.69, 9.17) is 40.0 Å². The fourth-order valence-corrected chi connectivity index (χ4v) is 12.7. The van der Waals surface area contributed by atoms with Crippen molar-refractivity contribution in [2.75, 3.05) is 40.2 Å². The van der Waals surface area contributed by atoms with Crippen LogP contribution in [0.1, 0.15) is 131 Å². The van der Waals surface area contributed by atoms with E-state index in [-0.39, 0.29) is 55.2 Å². The molecular formula is C61H88ClFN2O14S. The number of carbonyl (C=O) groups excluding carboxylic acids is 6. The van der Waals surface area contributed by atoms with Gasteiger partial charge in [-0.05, 0) is 119 Å². The van der Waals surface area contributed by atoms with E-state index in [2.05, 4.69) is 5.32 Å². The Morgan fingerprint density at radius 2 is 1.68 bits per heavy atom. The topological polar surface area (TPSA) is 214 Å². The minimum atomic E-state index is -2.47. The van der Waals surface area contributed by atoms with Crippen LogP contribution < -0.4 is 5.32 Å². The molecule has 0 radical (unpaired) electrons. The second-order valence-electron chi connectivity index (χ2n) is 22.6. The Bertz CT molecular complexity index is 2380. The summed E-state index contributed by atoms with van der Waals surface area (Å²) in [5.74, 6) is -8.09. The number of carbonyl (C=O) groups is 6. The highest BCUT2D eigenvalue weighted by Crippen LogP contribution is 2.38. The third kappa shape index (κ3) is 18.4. The van der Waals surface area contributed by atoms with Crippen molar-refractivity contribution in [3.8, 4) is 0 Å². The first-order valence-corrected chi connectivity index (χ1v) is 30.0. The van der Waals surface area contributed by atoms with Gasteiger partial charge in [-0.3, -0.25) is 19.2 Å². The SMILES string of the molecule is COC1CC2CC[C@@H](C)[C@@](O)(O2)C(=O)C(=O)N2CCCC[C@H]2C(=O)OC(C(C)CC2CC[C@@H](OC(=O)NCCSCc3c(F)cccc3Cl)C(OC)C2)CC(=O)C(C)/C=C(\C)[C@@H](O)C(OC)C(=O)[C@H](C)CC(C)\C=C/C=C/C=C/1C. The molecule has 3 N–H and O–H groups in total. The van der Waals surface area contributed by atoms with Crippen LogP contribution in [0.25, 0.3) is 0 Å². The molecule has 3 fully saturated rings. The van der Waals surface area contributed by atoms with E-state index in [1.54, 1.807) is 60.1 Å². The number of nitrogens with zero attached hydrogens (tertiary/aromatic N) is 1. The number of nitrogens with one attached hydrogen (secondary N) is 1. The number of ketones is 3. The highest BCUT2D eigenvalue weighted by atomic mass is 35.5. The molecule has 19 heteroatoms. The van der Waals surface area contributed by atoms with Gasteiger partial charge >= 0.3 is 12.1 Å². The van der Waals surface area contributed by atoms with Crippen molar-refractivity contribution in [1.29, 1.82) is 0 Å². The average molecular weight is 1160 g/mol. The number of thioether (sulfide) groups is 1. The summed E-state index contributed by atoms with van der Waals surface area (Å²) >= 11 is 7.58. The molecule has 0 aromatic heterocycles. The number of hydrogen-bond donors (Lipinski definition) is 3. The molecule has 2 saturated heterocycles. The van der Waals surface area contributed by atoms with Gasteiger partial charge in [-0.1, -0.05) is 88.7 Å². The summed E-state index contributed by atoms with van der Waals surface area (Å²) in [7, 11) is 4.48. The van der Waals surface area contributed by atoms with Gasteiger partial charge in [0.2, 0.25) is 5.79 Å². The van der Waals surface area contributed by atoms with Gasteiger partial charge in [0.15, 0.2) is 5.78 Å². The number of aliphatic hydroxyl groups excluding tert-OH is 1. The number of ether oxygens (including phenoxy) is 6. The Morgan fingerprint density at radius 3 is 2.38 bits per heavy atom. The van der Waals surface area contributed by atoms with Crippen molar-refractivity contribution in [2.24, 2.45) is 35.5 Å². The third-order valence-electron chi connectivity index (χ3n) is 16.5. The minimum absolute atomic E-state index is 0.00783. The summed E-state index contributed by atoms with van der Waals surface area (Å²) in [5, 5.41) is 26.7. The van der Waals surface area contributed by atoms with Crippen molar-refractivity contribution in [3.05, 3.63) is 82.2 Å². The second-order valence-corrected chi connectivity index (χ2v) is 24.2. The molecule has 9 unspecified atom stereocenters. The van der Waals surface area contributed by atoms with Gasteiger partial charge < -0.3 is 48.9 Å². The molecule has 1 aromatic carbocycles. The number of alkyl carbamates (subject to hydrolysis) is 1. The van der Waals surface area contributed by atoms with E-state index in [1.807, 2.05) is 51.2 Å². The lowest BCUT2D eigenvalue weighted by atomic mass is 9.78. The zero-order chi connectivity index (χ0) is 58.8. The number of piperidine rings is 1. The first kappa shape index (κ1) is 66.5. The maximum absolute atomic E-state index is 14.6. The highest BCUT2D eigenvalue weighted by molar-refractivity contribution is 7.98. The van der Waals surface area contributed by atoms with Crippen LogP contribution in [-0.4, -0.2) is 145 Å². The number of benzene rings is 1. The normalized spacial score (nSPS) is 34.9. The van der Waals surface area contributed by atoms with Crippen LogP contribution in [0.2, 0.25) is 5.02 Å². The van der Waals surface area contributed by atoms with Crippen molar-refractivity contribution < 1.29 is 71.8 Å². The Kier molecular flexibility index (Phi) is 26.6. The molecular weight excluding hydrogens is 1070 g/mol. The highest BCUT2D eigenvalue weighted by Gasteiger charge is 2.53. The Morgan fingerprint density at radius 1 is 0.925 bits per heavy atom. The number of cyclic esters (lactones) is 1. The third-order valence-corrected chi connectivity index (χ3v) is 17.9. The summed E-state index contributed by atoms with van der Waals surface area (Å²) < 4.78 is 49.9. The monoisotopic (exact) mass is 1160 g/mol. The minimum Gasteiger partial charge on any atom is -0.460 e. The lowest BCUT2D eigenvalue weighted by Gasteiger charge is -2.42. The van der Waals surface area contributed by atoms with Crippen LogP contribution in [0.4, 0.5) is 9.18 Å². The molecule has 16 nitrogen and oxygen atoms in total. The van der Waals surface area contributed by atoms with Gasteiger partial charge in [0.05, 0.1) is 18.3 Å². The van der Waals surface area contributed by atoms with Crippen molar-refractivity contribution in [3.63, 3.8) is 0 Å². The number of esters is 1. The Hall–Kier alpha value is -4.27. The average Bonchev–Trinajstić information content (AvgIpc) is 3.45. The maximum Gasteiger partial charge on any atom is 0.407 e. The van der Waals surface area contributed by atoms with Crippen LogP contribution in [-0.2, 0) is 58.1 Å². The lowest BCUT2D eigenvalue weighted by molar-refractivity contribution is -0.265. The fourth-order valence-electron chi connectivity index (χ4n) is 11.5. The molecule has 446 valence electrons. The number of halogens is 2. The molecule has 1 aliphatic carbocycles. The number of Topliss-reactive ketones (excluding diaryl/α,β-unsaturated/α-hetero) is 3. The number of fused-ring (bicyclic) bond motifs is 3. The van der Waals surface area contributed by atoms with Gasteiger partial charge in [-0.2, -0.15) is 11.8 Å². The number of amides is 2. The van der Waals surface area contributed by atoms with E-state index in [0.29, 0.717) is 91.9 Å². The standard InChI is InChI=1S/C61H88ClFN2O14S/c1-36-17-12-11-13-18-37(2)51(74-8)33-44-24-22-42(7)61(73,79-44)57(69)58(70)65-27-15-14-21-48(65)59(71)77-52(34-49(66)38(3)30-41(6)55(68)56(76-10)54(67)40(5)29-36)39(4)31-43-23-25-50(53(32-43)75-9)78-60(72)64-26-28-80-35-45-46(62)19-16-20-47(45)63/h11-13,16-20,30,36,38-40,42-44,48,50-53,55-56,68,73H,14-15,21-29,31-35H2,1-10H3,(H,64,72)/b13-11+,17-12-,37-18+,41-30+/t36?,38?,39?,40-,42-,43?,44?,48+,50-,51?,52?,53?,55-,56?,61-/m1/s1. The van der Waals surface area contributed by atoms with Crippen LogP contribution >= 0.6 is 23.4 Å². The molecule has 5 rings (SSSR count). The number of rotatable bonds is 12. The lowest BCUT2D eigenvalue weighted by Crippen LogP contribution is -2.61. The van der Waals surface area contributed by atoms with E-state index < -0.39 is 102 Å². The molecule has 0 spiro atoms. The Balaban J connectivity index is 1.37. The Labute approximate surface area is 482 Å².